The van der Waals surface area contributed by atoms with E-state index in [4.69, 9.17) is 0 Å². The molecule has 20 heavy (non-hydrogen) atoms. The molecular formula is C16H25NO3. The molecular weight excluding hydrogens is 254 g/mol. The monoisotopic (exact) mass is 279 g/mol. The third kappa shape index (κ3) is 3.22. The fourth-order valence-electron chi connectivity index (χ4n) is 3.56. The van der Waals surface area contributed by atoms with Crippen LogP contribution in [0.4, 0.5) is 0 Å². The maximum atomic E-state index is 12.3. The Bertz CT molecular complexity index is 397. The molecule has 0 saturated heterocycles. The molecule has 2 unspecified atom stereocenters. The predicted octanol–water partition coefficient (Wildman–Crippen LogP) is 2.74. The van der Waals surface area contributed by atoms with Gasteiger partial charge in [0.25, 0.3) is 0 Å². The Morgan fingerprint density at radius 3 is 2.35 bits per heavy atom. The summed E-state index contributed by atoms with van der Waals surface area (Å²) >= 11 is 0. The van der Waals surface area contributed by atoms with Crippen molar-refractivity contribution in [3.63, 3.8) is 0 Å². The van der Waals surface area contributed by atoms with Crippen LogP contribution in [-0.4, -0.2) is 23.5 Å². The average Bonchev–Trinajstić information content (AvgIpc) is 2.94. The minimum Gasteiger partial charge on any atom is -0.481 e. The van der Waals surface area contributed by atoms with E-state index in [0.717, 1.165) is 6.42 Å². The van der Waals surface area contributed by atoms with Crippen molar-refractivity contribution in [2.45, 2.75) is 51.9 Å². The van der Waals surface area contributed by atoms with E-state index in [1.807, 2.05) is 12.2 Å². The van der Waals surface area contributed by atoms with Crippen LogP contribution in [0.15, 0.2) is 12.2 Å². The summed E-state index contributed by atoms with van der Waals surface area (Å²) in [6, 6.07) is 0. The highest BCUT2D eigenvalue weighted by atomic mass is 16.4. The Kier molecular flexibility index (Phi) is 4.84. The lowest BCUT2D eigenvalue weighted by Crippen LogP contribution is -2.43. The third-order valence-electron chi connectivity index (χ3n) is 5.14. The molecule has 0 aromatic carbocycles. The second kappa shape index (κ2) is 6.42. The summed E-state index contributed by atoms with van der Waals surface area (Å²) in [7, 11) is 0. The molecule has 1 amide bonds. The van der Waals surface area contributed by atoms with Crippen molar-refractivity contribution in [1.29, 1.82) is 0 Å². The van der Waals surface area contributed by atoms with Crippen molar-refractivity contribution in [2.75, 3.05) is 6.54 Å². The first kappa shape index (κ1) is 15.1. The molecule has 2 aliphatic carbocycles. The average molecular weight is 279 g/mol. The van der Waals surface area contributed by atoms with Crippen LogP contribution in [0.3, 0.4) is 0 Å². The van der Waals surface area contributed by atoms with E-state index in [2.05, 4.69) is 12.2 Å². The largest absolute Gasteiger partial charge is 0.481 e. The molecule has 2 atom stereocenters. The maximum Gasteiger partial charge on any atom is 0.307 e. The lowest BCUT2D eigenvalue weighted by molar-refractivity contribution is -0.147. The van der Waals surface area contributed by atoms with Gasteiger partial charge in [0.15, 0.2) is 0 Å². The Morgan fingerprint density at radius 1 is 1.20 bits per heavy atom. The number of carbonyl (C=O) groups is 2. The number of aliphatic carboxylic acids is 1. The highest BCUT2D eigenvalue weighted by Crippen LogP contribution is 2.40. The molecule has 2 N–H and O–H groups in total. The normalized spacial score (nSPS) is 28.2. The summed E-state index contributed by atoms with van der Waals surface area (Å²) < 4.78 is 0. The Morgan fingerprint density at radius 2 is 1.80 bits per heavy atom. The molecule has 4 nitrogen and oxygen atoms in total. The first-order valence-electron chi connectivity index (χ1n) is 7.73. The Balaban J connectivity index is 1.93. The van der Waals surface area contributed by atoms with Gasteiger partial charge in [-0.05, 0) is 37.5 Å². The summed E-state index contributed by atoms with van der Waals surface area (Å²) in [6.45, 7) is 2.88. The highest BCUT2D eigenvalue weighted by Gasteiger charge is 2.36. The number of allylic oxidation sites excluding steroid dienone is 2. The number of carbonyl (C=O) groups excluding carboxylic acids is 1. The van der Waals surface area contributed by atoms with E-state index in [0.29, 0.717) is 19.4 Å². The van der Waals surface area contributed by atoms with Gasteiger partial charge in [0, 0.05) is 6.54 Å². The molecule has 0 aromatic heterocycles. The van der Waals surface area contributed by atoms with Gasteiger partial charge in [0.2, 0.25) is 5.91 Å². The smallest absolute Gasteiger partial charge is 0.307 e. The molecule has 0 radical (unpaired) electrons. The van der Waals surface area contributed by atoms with Crippen molar-refractivity contribution >= 4 is 11.9 Å². The fourth-order valence-corrected chi connectivity index (χ4v) is 3.56. The second-order valence-electron chi connectivity index (χ2n) is 6.27. The zero-order chi connectivity index (χ0) is 14.6. The van der Waals surface area contributed by atoms with E-state index in [9.17, 15) is 14.7 Å². The number of hydrogen-bond acceptors (Lipinski definition) is 2. The van der Waals surface area contributed by atoms with E-state index < -0.39 is 17.8 Å². The lowest BCUT2D eigenvalue weighted by Gasteiger charge is -2.30. The number of amides is 1. The van der Waals surface area contributed by atoms with Crippen LogP contribution in [0.5, 0.6) is 0 Å². The van der Waals surface area contributed by atoms with Crippen LogP contribution in [-0.2, 0) is 9.59 Å². The maximum absolute atomic E-state index is 12.3. The van der Waals surface area contributed by atoms with Crippen LogP contribution in [0.25, 0.3) is 0 Å². The number of nitrogens with one attached hydrogen (secondary N) is 1. The molecule has 112 valence electrons. The molecule has 0 aromatic rings. The van der Waals surface area contributed by atoms with Gasteiger partial charge in [0.1, 0.15) is 0 Å². The van der Waals surface area contributed by atoms with Crippen molar-refractivity contribution in [1.82, 2.24) is 5.32 Å². The summed E-state index contributed by atoms with van der Waals surface area (Å²) in [4.78, 5) is 23.6. The molecule has 0 spiro atoms. The number of carboxylic acid groups (broad SMARTS) is 1. The van der Waals surface area contributed by atoms with Gasteiger partial charge in [-0.25, -0.2) is 0 Å². The van der Waals surface area contributed by atoms with Gasteiger partial charge in [-0.15, -0.1) is 0 Å². The van der Waals surface area contributed by atoms with E-state index in [-0.39, 0.29) is 11.3 Å². The summed E-state index contributed by atoms with van der Waals surface area (Å²) in [5.41, 5.74) is 0.249. The Hall–Kier alpha value is -1.32. The lowest BCUT2D eigenvalue weighted by atomic mass is 9.81. The molecule has 2 aliphatic rings. The summed E-state index contributed by atoms with van der Waals surface area (Å²) in [5, 5.41) is 12.3. The van der Waals surface area contributed by atoms with E-state index >= 15 is 0 Å². The SMILES string of the molecule is CCC1(CNC(=O)C2CC=CCC2C(=O)O)CCCC1. The molecule has 0 aliphatic heterocycles. The zero-order valence-electron chi connectivity index (χ0n) is 12.2. The first-order chi connectivity index (χ1) is 9.58. The van der Waals surface area contributed by atoms with Gasteiger partial charge < -0.3 is 10.4 Å². The number of hydrogen-bond donors (Lipinski definition) is 2. The fraction of sp³-hybridized carbons (Fsp3) is 0.750. The molecule has 0 bridgehead atoms. The minimum atomic E-state index is -0.861. The second-order valence-corrected chi connectivity index (χ2v) is 6.27. The quantitative estimate of drug-likeness (QED) is 0.760. The molecule has 1 saturated carbocycles. The molecule has 2 rings (SSSR count). The topological polar surface area (TPSA) is 66.4 Å². The van der Waals surface area contributed by atoms with Crippen LogP contribution >= 0.6 is 0 Å². The van der Waals surface area contributed by atoms with E-state index in [1.165, 1.54) is 25.7 Å². The Labute approximate surface area is 120 Å². The standard InChI is InChI=1S/C16H25NO3/c1-2-16(9-5-6-10-16)11-17-14(18)12-7-3-4-8-13(12)15(19)20/h3-4,12-13H,2,5-11H2,1H3,(H,17,18)(H,19,20). The van der Waals surface area contributed by atoms with Crippen molar-refractivity contribution in [3.05, 3.63) is 12.2 Å². The minimum absolute atomic E-state index is 0.0820. The van der Waals surface area contributed by atoms with Crippen molar-refractivity contribution < 1.29 is 14.7 Å². The van der Waals surface area contributed by atoms with Gasteiger partial charge in [-0.1, -0.05) is 31.9 Å². The highest BCUT2D eigenvalue weighted by molar-refractivity contribution is 5.85. The van der Waals surface area contributed by atoms with Gasteiger partial charge in [0.05, 0.1) is 11.8 Å². The molecule has 0 heterocycles. The van der Waals surface area contributed by atoms with Crippen molar-refractivity contribution in [2.24, 2.45) is 17.3 Å². The van der Waals surface area contributed by atoms with Crippen LogP contribution in [0, 0.1) is 17.3 Å². The third-order valence-corrected chi connectivity index (χ3v) is 5.14. The zero-order valence-corrected chi connectivity index (χ0v) is 12.2. The summed E-state index contributed by atoms with van der Waals surface area (Å²) in [5.74, 6) is -1.92. The predicted molar refractivity (Wildman–Crippen MR) is 77.2 cm³/mol. The number of carboxylic acids is 1. The van der Waals surface area contributed by atoms with Crippen LogP contribution in [0.1, 0.15) is 51.9 Å². The van der Waals surface area contributed by atoms with Gasteiger partial charge in [-0.3, -0.25) is 9.59 Å². The van der Waals surface area contributed by atoms with E-state index in [1.54, 1.807) is 0 Å². The molecule has 1 fully saturated rings. The first-order valence-corrected chi connectivity index (χ1v) is 7.73. The van der Waals surface area contributed by atoms with Crippen molar-refractivity contribution in [3.8, 4) is 0 Å². The summed E-state index contributed by atoms with van der Waals surface area (Å²) in [6.07, 6.45) is 10.7. The van der Waals surface area contributed by atoms with Gasteiger partial charge >= 0.3 is 5.97 Å². The number of rotatable bonds is 5. The molecule has 4 heteroatoms. The van der Waals surface area contributed by atoms with Crippen LogP contribution < -0.4 is 5.32 Å². The van der Waals surface area contributed by atoms with Crippen LogP contribution in [0.2, 0.25) is 0 Å². The van der Waals surface area contributed by atoms with Gasteiger partial charge in [-0.2, -0.15) is 0 Å².